The molecule has 0 aliphatic carbocycles. The van der Waals surface area contributed by atoms with Gasteiger partial charge in [0.15, 0.2) is 14.8 Å². The summed E-state index contributed by atoms with van der Waals surface area (Å²) in [6, 6.07) is 28.4. The van der Waals surface area contributed by atoms with Crippen LogP contribution < -0.4 is 11.2 Å². The van der Waals surface area contributed by atoms with E-state index in [0.29, 0.717) is 16.7 Å². The number of ether oxygens (including phenoxy) is 1. The average molecular weight is 549 g/mol. The fourth-order valence-corrected chi connectivity index (χ4v) is 6.59. The van der Waals surface area contributed by atoms with Gasteiger partial charge in [0.25, 0.3) is 5.56 Å². The Bertz CT molecular complexity index is 1570. The van der Waals surface area contributed by atoms with Crippen LogP contribution in [0.25, 0.3) is 0 Å². The molecule has 1 fully saturated rings. The predicted octanol–water partition coefficient (Wildman–Crippen LogP) is 1.95. The van der Waals surface area contributed by atoms with E-state index in [4.69, 9.17) is 4.74 Å². The van der Waals surface area contributed by atoms with Gasteiger partial charge in [-0.2, -0.15) is 0 Å². The summed E-state index contributed by atoms with van der Waals surface area (Å²) < 4.78 is 33.4. The van der Waals surface area contributed by atoms with Crippen LogP contribution in [0.3, 0.4) is 0 Å². The number of aromatic amines is 1. The number of aromatic nitrogens is 2. The molecule has 3 N–H and O–H groups in total. The second-order valence-electron chi connectivity index (χ2n) is 9.70. The summed E-state index contributed by atoms with van der Waals surface area (Å²) in [6.07, 6.45) is -3.15. The van der Waals surface area contributed by atoms with Gasteiger partial charge in [0.1, 0.15) is 18.4 Å². The van der Waals surface area contributed by atoms with Crippen molar-refractivity contribution in [2.75, 3.05) is 6.26 Å². The molecule has 0 bridgehead atoms. The molecule has 202 valence electrons. The van der Waals surface area contributed by atoms with Gasteiger partial charge in [-0.1, -0.05) is 91.0 Å². The maximum atomic E-state index is 13.1. The second-order valence-corrected chi connectivity index (χ2v) is 12.0. The van der Waals surface area contributed by atoms with Gasteiger partial charge in [-0.3, -0.25) is 14.3 Å². The Morgan fingerprint density at radius 2 is 1.36 bits per heavy atom. The molecular weight excluding hydrogens is 520 g/mol. The van der Waals surface area contributed by atoms with E-state index in [2.05, 4.69) is 4.98 Å². The largest absolute Gasteiger partial charge is 0.389 e. The maximum Gasteiger partial charge on any atom is 0.330 e. The van der Waals surface area contributed by atoms with Crippen LogP contribution in [-0.4, -0.2) is 51.6 Å². The highest BCUT2D eigenvalue weighted by atomic mass is 32.2. The number of aliphatic hydroxyl groups is 2. The van der Waals surface area contributed by atoms with Gasteiger partial charge in [0, 0.05) is 24.9 Å². The number of sulfone groups is 1. The Kier molecular flexibility index (Phi) is 6.90. The zero-order chi connectivity index (χ0) is 27.8. The minimum absolute atomic E-state index is 0.548. The van der Waals surface area contributed by atoms with Crippen molar-refractivity contribution in [1.29, 1.82) is 0 Å². The van der Waals surface area contributed by atoms with Crippen molar-refractivity contribution in [3.05, 3.63) is 141 Å². The number of nitrogens with zero attached hydrogens (tertiary/aromatic N) is 1. The number of rotatable bonds is 7. The maximum absolute atomic E-state index is 13.1. The van der Waals surface area contributed by atoms with Crippen LogP contribution >= 0.6 is 0 Å². The first-order chi connectivity index (χ1) is 18.6. The number of hydrogen-bond acceptors (Lipinski definition) is 7. The molecule has 3 aromatic carbocycles. The van der Waals surface area contributed by atoms with Gasteiger partial charge >= 0.3 is 5.69 Å². The first-order valence-electron chi connectivity index (χ1n) is 12.3. The van der Waals surface area contributed by atoms with Crippen molar-refractivity contribution in [1.82, 2.24) is 9.55 Å². The summed E-state index contributed by atoms with van der Waals surface area (Å²) in [6.45, 7) is 0. The third-order valence-electron chi connectivity index (χ3n) is 7.44. The van der Waals surface area contributed by atoms with E-state index in [-0.39, 0.29) is 0 Å². The van der Waals surface area contributed by atoms with E-state index in [9.17, 15) is 28.2 Å². The molecule has 1 aromatic heterocycles. The topological polar surface area (TPSA) is 139 Å². The molecule has 4 aromatic rings. The molecule has 1 unspecified atom stereocenters. The van der Waals surface area contributed by atoms with Gasteiger partial charge in [-0.25, -0.2) is 13.2 Å². The fourth-order valence-electron chi connectivity index (χ4n) is 5.53. The highest BCUT2D eigenvalue weighted by Gasteiger charge is 2.62. The summed E-state index contributed by atoms with van der Waals surface area (Å²) >= 11 is 0. The van der Waals surface area contributed by atoms with E-state index >= 15 is 0 Å². The van der Waals surface area contributed by atoms with Gasteiger partial charge in [-0.15, -0.1) is 0 Å². The fraction of sp³-hybridized carbons (Fsp3) is 0.241. The van der Waals surface area contributed by atoms with Gasteiger partial charge in [0.05, 0.1) is 5.41 Å². The monoisotopic (exact) mass is 548 g/mol. The highest BCUT2D eigenvalue weighted by molar-refractivity contribution is 7.92. The van der Waals surface area contributed by atoms with Crippen molar-refractivity contribution in [2.24, 2.45) is 0 Å². The van der Waals surface area contributed by atoms with E-state index in [1.165, 1.54) is 6.20 Å². The number of hydrogen-bond donors (Lipinski definition) is 3. The molecule has 1 aliphatic heterocycles. The summed E-state index contributed by atoms with van der Waals surface area (Å²) in [5.74, 6) is 0. The number of aliphatic hydroxyl groups excluding tert-OH is 1. The molecule has 5 rings (SSSR count). The molecule has 4 atom stereocenters. The zero-order valence-electron chi connectivity index (χ0n) is 21.0. The van der Waals surface area contributed by atoms with Crippen LogP contribution in [0.5, 0.6) is 0 Å². The van der Waals surface area contributed by atoms with Crippen LogP contribution in [0.15, 0.2) is 113 Å². The average Bonchev–Trinajstić information content (AvgIpc) is 3.29. The quantitative estimate of drug-likeness (QED) is 0.300. The van der Waals surface area contributed by atoms with Crippen molar-refractivity contribution in [2.45, 2.75) is 35.2 Å². The Morgan fingerprint density at radius 1 is 0.897 bits per heavy atom. The molecular formula is C29H28N2O7S. The molecule has 10 heteroatoms. The molecule has 0 saturated carbocycles. The molecule has 0 amide bonds. The van der Waals surface area contributed by atoms with Crippen molar-refractivity contribution in [3.63, 3.8) is 0 Å². The molecule has 9 nitrogen and oxygen atoms in total. The number of nitrogens with one attached hydrogen (secondary N) is 1. The third-order valence-corrected chi connectivity index (χ3v) is 9.12. The molecule has 2 heterocycles. The highest BCUT2D eigenvalue weighted by Crippen LogP contribution is 2.50. The van der Waals surface area contributed by atoms with Gasteiger partial charge in [-0.05, 0) is 16.7 Å². The van der Waals surface area contributed by atoms with Gasteiger partial charge in [0.2, 0.25) is 0 Å². The molecule has 1 saturated heterocycles. The van der Waals surface area contributed by atoms with Crippen molar-refractivity contribution < 1.29 is 23.4 Å². The van der Waals surface area contributed by atoms with Crippen LogP contribution in [0.2, 0.25) is 0 Å². The lowest BCUT2D eigenvalue weighted by Gasteiger charge is -2.44. The van der Waals surface area contributed by atoms with Crippen LogP contribution in [0.4, 0.5) is 0 Å². The van der Waals surface area contributed by atoms with E-state index in [1.54, 1.807) is 0 Å². The Hall–Kier alpha value is -3.83. The lowest BCUT2D eigenvalue weighted by atomic mass is 9.64. The van der Waals surface area contributed by atoms with Crippen LogP contribution in [-0.2, 0) is 20.0 Å². The second kappa shape index (κ2) is 10.0. The van der Waals surface area contributed by atoms with Gasteiger partial charge < -0.3 is 14.9 Å². The van der Waals surface area contributed by atoms with E-state index in [1.807, 2.05) is 91.0 Å². The van der Waals surface area contributed by atoms with E-state index in [0.717, 1.165) is 16.9 Å². The summed E-state index contributed by atoms with van der Waals surface area (Å²) in [5, 5.41) is 24.2. The normalized spacial score (nSPS) is 22.4. The molecule has 0 spiro atoms. The Balaban J connectivity index is 1.77. The first kappa shape index (κ1) is 26.8. The zero-order valence-corrected chi connectivity index (χ0v) is 21.9. The molecule has 1 aliphatic rings. The minimum Gasteiger partial charge on any atom is -0.389 e. The summed E-state index contributed by atoms with van der Waals surface area (Å²) in [4.78, 5) is 23.7. The van der Waals surface area contributed by atoms with Crippen LogP contribution in [0, 0.1) is 0 Å². The third kappa shape index (κ3) is 4.45. The number of H-pyrrole nitrogens is 1. The minimum atomic E-state index is -4.28. The van der Waals surface area contributed by atoms with Crippen molar-refractivity contribution >= 4 is 9.84 Å². The van der Waals surface area contributed by atoms with E-state index < -0.39 is 56.3 Å². The molecule has 0 radical (unpaired) electrons. The Labute approximate surface area is 224 Å². The standard InChI is InChI=1S/C29H28N2O7S/c1-39(36,37)28(35)19-24(31-18-17-23(32)30-27(31)34)38-26(28)25(33)29(20-11-5-2-6-12-20,21-13-7-3-8-14-21)22-15-9-4-10-16-22/h2-18,24-26,33,35H,19H2,1H3,(H,30,32,34)/t24-,25?,26-,28-/m1/s1. The van der Waals surface area contributed by atoms with Crippen molar-refractivity contribution in [3.8, 4) is 0 Å². The number of benzene rings is 3. The smallest absolute Gasteiger partial charge is 0.330 e. The lowest BCUT2D eigenvalue weighted by Crippen LogP contribution is -2.58. The predicted molar refractivity (Wildman–Crippen MR) is 145 cm³/mol. The summed E-state index contributed by atoms with van der Waals surface area (Å²) in [7, 11) is -4.28. The van der Waals surface area contributed by atoms with Crippen LogP contribution in [0.1, 0.15) is 29.3 Å². The lowest BCUT2D eigenvalue weighted by molar-refractivity contribution is -0.107. The first-order valence-corrected chi connectivity index (χ1v) is 14.2. The SMILES string of the molecule is CS(=O)(=O)[C@]1(O)C[C@H](n2ccc(=O)[nH]c2=O)O[C@@H]1C(O)C(c1ccccc1)(c1ccccc1)c1ccccc1. The molecule has 39 heavy (non-hydrogen) atoms. The Morgan fingerprint density at radius 3 is 1.77 bits per heavy atom. The summed E-state index contributed by atoms with van der Waals surface area (Å²) in [5.41, 5.74) is -0.950.